The number of hydrogen-bond acceptors (Lipinski definition) is 3. The minimum atomic E-state index is -3.47. The van der Waals surface area contributed by atoms with Crippen molar-refractivity contribution in [3.63, 3.8) is 0 Å². The number of unbranched alkanes of at least 4 members (excludes halogenated alkanes) is 2. The van der Waals surface area contributed by atoms with Crippen LogP contribution in [0.1, 0.15) is 51.0 Å². The number of benzene rings is 2. The zero-order valence-electron chi connectivity index (χ0n) is 16.9. The van der Waals surface area contributed by atoms with E-state index in [9.17, 15) is 8.42 Å². The SMILES string of the molecule is CCCCC[C@@H]1[C@H](Sc2ccccc2)CCCN1S(=O)(=O)c1ccc(C)cc1. The Morgan fingerprint density at radius 3 is 2.43 bits per heavy atom. The van der Waals surface area contributed by atoms with Gasteiger partial charge in [-0.25, -0.2) is 8.42 Å². The highest BCUT2D eigenvalue weighted by molar-refractivity contribution is 8.00. The second-order valence-electron chi connectivity index (χ2n) is 7.60. The lowest BCUT2D eigenvalue weighted by molar-refractivity contribution is 0.243. The van der Waals surface area contributed by atoms with Crippen LogP contribution in [0.2, 0.25) is 0 Å². The molecule has 0 aliphatic carbocycles. The quantitative estimate of drug-likeness (QED) is 0.503. The summed E-state index contributed by atoms with van der Waals surface area (Å²) in [6, 6.07) is 17.7. The Morgan fingerprint density at radius 2 is 1.75 bits per heavy atom. The summed E-state index contributed by atoms with van der Waals surface area (Å²) in [7, 11) is -3.47. The van der Waals surface area contributed by atoms with Crippen molar-refractivity contribution in [2.75, 3.05) is 6.54 Å². The van der Waals surface area contributed by atoms with Crippen molar-refractivity contribution in [2.45, 2.75) is 73.5 Å². The summed E-state index contributed by atoms with van der Waals surface area (Å²) < 4.78 is 28.7. The van der Waals surface area contributed by atoms with Gasteiger partial charge >= 0.3 is 0 Å². The molecule has 1 heterocycles. The van der Waals surface area contributed by atoms with Crippen LogP contribution in [0.25, 0.3) is 0 Å². The van der Waals surface area contributed by atoms with Gasteiger partial charge in [0.25, 0.3) is 0 Å². The molecule has 0 spiro atoms. The molecular formula is C23H31NO2S2. The van der Waals surface area contributed by atoms with Crippen LogP contribution < -0.4 is 0 Å². The Bertz CT molecular complexity index is 835. The first-order chi connectivity index (χ1) is 13.5. The van der Waals surface area contributed by atoms with Gasteiger partial charge in [0.2, 0.25) is 10.0 Å². The molecule has 0 unspecified atom stereocenters. The van der Waals surface area contributed by atoms with Crippen molar-refractivity contribution >= 4 is 21.8 Å². The van der Waals surface area contributed by atoms with Crippen molar-refractivity contribution in [2.24, 2.45) is 0 Å². The lowest BCUT2D eigenvalue weighted by Gasteiger charge is -2.40. The molecule has 0 radical (unpaired) electrons. The molecule has 0 aromatic heterocycles. The Kier molecular flexibility index (Phi) is 7.61. The molecule has 3 rings (SSSR count). The Hall–Kier alpha value is -1.30. The molecule has 28 heavy (non-hydrogen) atoms. The summed E-state index contributed by atoms with van der Waals surface area (Å²) in [5.41, 5.74) is 1.08. The van der Waals surface area contributed by atoms with Gasteiger partial charge in [0.1, 0.15) is 0 Å². The maximum Gasteiger partial charge on any atom is 0.243 e. The number of sulfonamides is 1. The number of aryl methyl sites for hydroxylation is 1. The average molecular weight is 418 g/mol. The van der Waals surface area contributed by atoms with Crippen molar-refractivity contribution in [3.05, 3.63) is 60.2 Å². The second kappa shape index (κ2) is 9.95. The van der Waals surface area contributed by atoms with Gasteiger partial charge in [0.05, 0.1) is 4.90 Å². The predicted octanol–water partition coefficient (Wildman–Crippen LogP) is 5.89. The first kappa shape index (κ1) is 21.4. The fourth-order valence-corrected chi connectivity index (χ4v) is 7.08. The molecule has 2 aromatic rings. The van der Waals surface area contributed by atoms with Gasteiger partial charge in [-0.3, -0.25) is 0 Å². The Morgan fingerprint density at radius 1 is 1.04 bits per heavy atom. The van der Waals surface area contributed by atoms with Gasteiger partial charge in [-0.05, 0) is 50.5 Å². The number of nitrogens with zero attached hydrogens (tertiary/aromatic N) is 1. The van der Waals surface area contributed by atoms with Crippen molar-refractivity contribution in [3.8, 4) is 0 Å². The molecule has 3 nitrogen and oxygen atoms in total. The van der Waals surface area contributed by atoms with E-state index >= 15 is 0 Å². The molecule has 152 valence electrons. The maximum absolute atomic E-state index is 13.5. The topological polar surface area (TPSA) is 37.4 Å². The van der Waals surface area contributed by atoms with E-state index in [1.165, 1.54) is 4.90 Å². The van der Waals surface area contributed by atoms with Crippen LogP contribution in [0.15, 0.2) is 64.4 Å². The van der Waals surface area contributed by atoms with Crippen molar-refractivity contribution in [1.29, 1.82) is 0 Å². The van der Waals surface area contributed by atoms with E-state index in [0.29, 0.717) is 16.7 Å². The van der Waals surface area contributed by atoms with Crippen LogP contribution in [-0.4, -0.2) is 30.6 Å². The maximum atomic E-state index is 13.5. The van der Waals surface area contributed by atoms with E-state index in [1.807, 2.05) is 36.9 Å². The van der Waals surface area contributed by atoms with Crippen LogP contribution in [-0.2, 0) is 10.0 Å². The number of piperidine rings is 1. The van der Waals surface area contributed by atoms with Crippen LogP contribution in [0, 0.1) is 6.92 Å². The summed E-state index contributed by atoms with van der Waals surface area (Å²) in [5.74, 6) is 0. The van der Waals surface area contributed by atoms with Crippen molar-refractivity contribution in [1.82, 2.24) is 4.31 Å². The van der Waals surface area contributed by atoms with Gasteiger partial charge in [0, 0.05) is 22.7 Å². The van der Waals surface area contributed by atoms with Gasteiger partial charge in [-0.15, -0.1) is 11.8 Å². The normalized spacial score (nSPS) is 20.9. The predicted molar refractivity (Wildman–Crippen MR) is 118 cm³/mol. The largest absolute Gasteiger partial charge is 0.243 e. The zero-order valence-corrected chi connectivity index (χ0v) is 18.5. The highest BCUT2D eigenvalue weighted by atomic mass is 32.2. The Balaban J connectivity index is 1.87. The van der Waals surface area contributed by atoms with Gasteiger partial charge in [-0.2, -0.15) is 4.31 Å². The first-order valence-electron chi connectivity index (χ1n) is 10.3. The summed E-state index contributed by atoms with van der Waals surface area (Å²) in [6.07, 6.45) is 6.29. The zero-order chi connectivity index (χ0) is 20.0. The molecular weight excluding hydrogens is 386 g/mol. The minimum absolute atomic E-state index is 0.0526. The van der Waals surface area contributed by atoms with E-state index < -0.39 is 10.0 Å². The van der Waals surface area contributed by atoms with Crippen LogP contribution >= 0.6 is 11.8 Å². The van der Waals surface area contributed by atoms with E-state index in [2.05, 4.69) is 31.2 Å². The summed E-state index contributed by atoms with van der Waals surface area (Å²) in [4.78, 5) is 1.64. The smallest absolute Gasteiger partial charge is 0.207 e. The summed E-state index contributed by atoms with van der Waals surface area (Å²) in [6.45, 7) is 4.80. The molecule has 0 bridgehead atoms. The third-order valence-corrected chi connectivity index (χ3v) is 8.76. The monoisotopic (exact) mass is 417 g/mol. The molecule has 0 amide bonds. The van der Waals surface area contributed by atoms with Crippen LogP contribution in [0.4, 0.5) is 0 Å². The minimum Gasteiger partial charge on any atom is -0.207 e. The second-order valence-corrected chi connectivity index (χ2v) is 10.8. The van der Waals surface area contributed by atoms with E-state index in [-0.39, 0.29) is 6.04 Å². The molecule has 0 saturated carbocycles. The summed E-state index contributed by atoms with van der Waals surface area (Å²) in [5, 5.41) is 0.299. The summed E-state index contributed by atoms with van der Waals surface area (Å²) >= 11 is 1.84. The van der Waals surface area contributed by atoms with E-state index in [1.54, 1.807) is 16.4 Å². The number of thioether (sulfide) groups is 1. The van der Waals surface area contributed by atoms with Crippen LogP contribution in [0.3, 0.4) is 0 Å². The van der Waals surface area contributed by atoms with E-state index in [0.717, 1.165) is 44.1 Å². The highest BCUT2D eigenvalue weighted by Crippen LogP contribution is 2.38. The molecule has 1 saturated heterocycles. The highest BCUT2D eigenvalue weighted by Gasteiger charge is 2.39. The molecule has 1 aliphatic rings. The molecule has 5 heteroatoms. The lowest BCUT2D eigenvalue weighted by atomic mass is 9.98. The molecule has 2 aromatic carbocycles. The number of rotatable bonds is 8. The third-order valence-electron chi connectivity index (χ3n) is 5.43. The first-order valence-corrected chi connectivity index (χ1v) is 12.6. The lowest BCUT2D eigenvalue weighted by Crippen LogP contribution is -2.49. The molecule has 2 atom stereocenters. The van der Waals surface area contributed by atoms with Gasteiger partial charge in [-0.1, -0.05) is 62.1 Å². The fraction of sp³-hybridized carbons (Fsp3) is 0.478. The average Bonchev–Trinajstić information content (AvgIpc) is 2.70. The molecule has 1 fully saturated rings. The number of hydrogen-bond donors (Lipinski definition) is 0. The standard InChI is InChI=1S/C23H31NO2S2/c1-3-4-6-12-22-23(27-20-10-7-5-8-11-20)13-9-18-24(22)28(25,26)21-16-14-19(2)15-17-21/h5,7-8,10-11,14-17,22-23H,3-4,6,9,12-13,18H2,1-2H3/t22-,23-/m1/s1. The van der Waals surface area contributed by atoms with Gasteiger partial charge < -0.3 is 0 Å². The third kappa shape index (κ3) is 5.19. The molecule has 0 N–H and O–H groups in total. The van der Waals surface area contributed by atoms with Gasteiger partial charge in [0.15, 0.2) is 0 Å². The fourth-order valence-electron chi connectivity index (χ4n) is 3.88. The van der Waals surface area contributed by atoms with Crippen molar-refractivity contribution < 1.29 is 8.42 Å². The van der Waals surface area contributed by atoms with E-state index in [4.69, 9.17) is 0 Å². The molecule has 1 aliphatic heterocycles. The van der Waals surface area contributed by atoms with Crippen LogP contribution in [0.5, 0.6) is 0 Å². The Labute approximate surface area is 174 Å².